The molecule has 8 rings (SSSR count). The van der Waals surface area contributed by atoms with Gasteiger partial charge in [-0.25, -0.2) is 0 Å². The van der Waals surface area contributed by atoms with Crippen molar-refractivity contribution in [2.45, 2.75) is 19.3 Å². The van der Waals surface area contributed by atoms with Crippen LogP contribution in [0, 0.1) is 0 Å². The van der Waals surface area contributed by atoms with E-state index in [1.807, 2.05) is 0 Å². The minimum atomic E-state index is -0.0842. The van der Waals surface area contributed by atoms with Crippen molar-refractivity contribution in [3.05, 3.63) is 175 Å². The van der Waals surface area contributed by atoms with E-state index in [4.69, 9.17) is 0 Å². The molecule has 7 aromatic rings. The lowest BCUT2D eigenvalue weighted by Crippen LogP contribution is -2.15. The molecule has 0 spiro atoms. The molecule has 0 unspecified atom stereocenters. The first-order chi connectivity index (χ1) is 21.6. The molecular formula is C43H33N. The summed E-state index contributed by atoms with van der Waals surface area (Å²) in [4.78, 5) is 2.40. The molecule has 0 saturated carbocycles. The first kappa shape index (κ1) is 26.2. The minimum Gasteiger partial charge on any atom is -0.310 e. The lowest BCUT2D eigenvalue weighted by atomic mass is 9.82. The molecule has 0 aliphatic heterocycles. The molecule has 0 radical (unpaired) electrons. The van der Waals surface area contributed by atoms with Gasteiger partial charge >= 0.3 is 0 Å². The van der Waals surface area contributed by atoms with Gasteiger partial charge < -0.3 is 4.90 Å². The number of fused-ring (bicyclic) bond motifs is 4. The fraction of sp³-hybridized carbons (Fsp3) is 0.0698. The molecule has 0 bridgehead atoms. The lowest BCUT2D eigenvalue weighted by molar-refractivity contribution is 0.660. The largest absolute Gasteiger partial charge is 0.310 e. The van der Waals surface area contributed by atoms with Gasteiger partial charge in [0.2, 0.25) is 0 Å². The van der Waals surface area contributed by atoms with E-state index >= 15 is 0 Å². The molecule has 1 heteroatoms. The van der Waals surface area contributed by atoms with Crippen molar-refractivity contribution in [2.75, 3.05) is 4.90 Å². The van der Waals surface area contributed by atoms with E-state index in [9.17, 15) is 0 Å². The second-order valence-electron chi connectivity index (χ2n) is 12.2. The van der Waals surface area contributed by atoms with Crippen LogP contribution < -0.4 is 4.90 Å². The van der Waals surface area contributed by atoms with Gasteiger partial charge in [-0.3, -0.25) is 0 Å². The predicted molar refractivity (Wildman–Crippen MR) is 187 cm³/mol. The van der Waals surface area contributed by atoms with E-state index in [2.05, 4.69) is 183 Å². The number of benzene rings is 7. The van der Waals surface area contributed by atoms with Crippen LogP contribution in [-0.4, -0.2) is 0 Å². The summed E-state index contributed by atoms with van der Waals surface area (Å²) in [5.41, 5.74) is 13.7. The molecule has 210 valence electrons. The number of rotatable bonds is 5. The molecule has 0 saturated heterocycles. The third kappa shape index (κ3) is 4.32. The van der Waals surface area contributed by atoms with Crippen LogP contribution in [-0.2, 0) is 5.41 Å². The summed E-state index contributed by atoms with van der Waals surface area (Å²) < 4.78 is 0. The molecular weight excluding hydrogens is 530 g/mol. The quantitative estimate of drug-likeness (QED) is 0.201. The van der Waals surface area contributed by atoms with E-state index in [-0.39, 0.29) is 5.41 Å². The average molecular weight is 564 g/mol. The van der Waals surface area contributed by atoms with Crippen LogP contribution in [0.5, 0.6) is 0 Å². The molecule has 0 amide bonds. The summed E-state index contributed by atoms with van der Waals surface area (Å²) in [5.74, 6) is 0. The standard InChI is InChI=1S/C43H33N/c1-43(2)40-27-26-37(29-39(40)42-38(18-11-19-41(42)43)33-15-7-4-8-16-33)44(36-25-22-31-14-9-10-17-34(31)28-36)35-23-20-32(21-24-35)30-12-5-3-6-13-30/h3-29H,1-2H3. The molecule has 0 heterocycles. The second kappa shape index (κ2) is 10.4. The Balaban J connectivity index is 1.32. The molecule has 1 aliphatic carbocycles. The van der Waals surface area contributed by atoms with Gasteiger partial charge in [0.05, 0.1) is 0 Å². The summed E-state index contributed by atoms with van der Waals surface area (Å²) in [5, 5.41) is 2.47. The number of hydrogen-bond acceptors (Lipinski definition) is 1. The molecule has 7 aromatic carbocycles. The summed E-state index contributed by atoms with van der Waals surface area (Å²) in [7, 11) is 0. The van der Waals surface area contributed by atoms with Crippen molar-refractivity contribution in [1.29, 1.82) is 0 Å². The fourth-order valence-corrected chi connectivity index (χ4v) is 6.99. The zero-order valence-electron chi connectivity index (χ0n) is 25.0. The Hall–Kier alpha value is -5.40. The number of hydrogen-bond donors (Lipinski definition) is 0. The van der Waals surface area contributed by atoms with Crippen molar-refractivity contribution in [3.63, 3.8) is 0 Å². The van der Waals surface area contributed by atoms with Crippen molar-refractivity contribution in [3.8, 4) is 33.4 Å². The van der Waals surface area contributed by atoms with E-state index in [0.29, 0.717) is 0 Å². The van der Waals surface area contributed by atoms with Gasteiger partial charge in [0.1, 0.15) is 0 Å². The van der Waals surface area contributed by atoms with E-state index in [0.717, 1.165) is 17.1 Å². The highest BCUT2D eigenvalue weighted by Gasteiger charge is 2.37. The average Bonchev–Trinajstić information content (AvgIpc) is 3.32. The van der Waals surface area contributed by atoms with Gasteiger partial charge in [0.15, 0.2) is 0 Å². The number of nitrogens with zero attached hydrogens (tertiary/aromatic N) is 1. The third-order valence-electron chi connectivity index (χ3n) is 9.25. The zero-order chi connectivity index (χ0) is 29.7. The maximum Gasteiger partial charge on any atom is 0.0468 e. The lowest BCUT2D eigenvalue weighted by Gasteiger charge is -2.27. The predicted octanol–water partition coefficient (Wildman–Crippen LogP) is 11.9. The maximum absolute atomic E-state index is 2.41. The van der Waals surface area contributed by atoms with Gasteiger partial charge in [0, 0.05) is 22.5 Å². The molecule has 0 atom stereocenters. The third-order valence-corrected chi connectivity index (χ3v) is 9.25. The van der Waals surface area contributed by atoms with Crippen LogP contribution in [0.4, 0.5) is 17.1 Å². The molecule has 44 heavy (non-hydrogen) atoms. The highest BCUT2D eigenvalue weighted by Crippen LogP contribution is 2.53. The van der Waals surface area contributed by atoms with Gasteiger partial charge in [-0.1, -0.05) is 141 Å². The summed E-state index contributed by atoms with van der Waals surface area (Å²) in [6.07, 6.45) is 0. The summed E-state index contributed by atoms with van der Waals surface area (Å²) >= 11 is 0. The Kier molecular flexibility index (Phi) is 6.20. The second-order valence-corrected chi connectivity index (χ2v) is 12.2. The summed E-state index contributed by atoms with van der Waals surface area (Å²) in [6.45, 7) is 4.71. The van der Waals surface area contributed by atoms with Crippen LogP contribution in [0.25, 0.3) is 44.2 Å². The maximum atomic E-state index is 2.41. The van der Waals surface area contributed by atoms with E-state index in [1.165, 1.54) is 55.3 Å². The van der Waals surface area contributed by atoms with Gasteiger partial charge in [-0.2, -0.15) is 0 Å². The van der Waals surface area contributed by atoms with E-state index < -0.39 is 0 Å². The first-order valence-electron chi connectivity index (χ1n) is 15.4. The van der Waals surface area contributed by atoms with Crippen LogP contribution in [0.15, 0.2) is 164 Å². The Morgan fingerprint density at radius 1 is 0.386 bits per heavy atom. The fourth-order valence-electron chi connectivity index (χ4n) is 6.99. The minimum absolute atomic E-state index is 0.0842. The Morgan fingerprint density at radius 2 is 0.977 bits per heavy atom. The molecule has 1 nitrogen and oxygen atoms in total. The van der Waals surface area contributed by atoms with Gasteiger partial charge in [-0.05, 0) is 91.7 Å². The van der Waals surface area contributed by atoms with Crippen molar-refractivity contribution in [1.82, 2.24) is 0 Å². The first-order valence-corrected chi connectivity index (χ1v) is 15.4. The Labute approximate surface area is 259 Å². The van der Waals surface area contributed by atoms with Gasteiger partial charge in [0.25, 0.3) is 0 Å². The number of anilines is 3. The highest BCUT2D eigenvalue weighted by atomic mass is 15.1. The molecule has 0 aromatic heterocycles. The molecule has 1 aliphatic rings. The SMILES string of the molecule is CC1(C)c2ccc(N(c3ccc(-c4ccccc4)cc3)c3ccc4ccccc4c3)cc2-c2c(-c3ccccc3)cccc21. The normalized spacial score (nSPS) is 13.0. The van der Waals surface area contributed by atoms with Crippen molar-refractivity contribution in [2.24, 2.45) is 0 Å². The van der Waals surface area contributed by atoms with Gasteiger partial charge in [-0.15, -0.1) is 0 Å². The molecule has 0 fully saturated rings. The zero-order valence-corrected chi connectivity index (χ0v) is 25.0. The smallest absolute Gasteiger partial charge is 0.0468 e. The van der Waals surface area contributed by atoms with Crippen molar-refractivity contribution >= 4 is 27.8 Å². The van der Waals surface area contributed by atoms with Crippen molar-refractivity contribution < 1.29 is 0 Å². The topological polar surface area (TPSA) is 3.24 Å². The summed E-state index contributed by atoms with van der Waals surface area (Å²) in [6, 6.07) is 59.6. The van der Waals surface area contributed by atoms with Crippen LogP contribution in [0.2, 0.25) is 0 Å². The van der Waals surface area contributed by atoms with Crippen LogP contribution in [0.1, 0.15) is 25.0 Å². The molecule has 0 N–H and O–H groups in total. The van der Waals surface area contributed by atoms with Crippen LogP contribution in [0.3, 0.4) is 0 Å². The highest BCUT2D eigenvalue weighted by molar-refractivity contribution is 5.95. The Bertz CT molecular complexity index is 2120. The Morgan fingerprint density at radius 3 is 1.73 bits per heavy atom. The monoisotopic (exact) mass is 563 g/mol. The van der Waals surface area contributed by atoms with Crippen LogP contribution >= 0.6 is 0 Å². The van der Waals surface area contributed by atoms with E-state index in [1.54, 1.807) is 0 Å².